The Balaban J connectivity index is 1.63. The molecule has 2 aliphatic rings. The number of hydrogen-bond donors (Lipinski definition) is 0. The normalized spacial score (nSPS) is 24.7. The fraction of sp³-hybridized carbons (Fsp3) is 0.600. The maximum absolute atomic E-state index is 12.9. The number of piperidine rings is 1. The van der Waals surface area contributed by atoms with Gasteiger partial charge in [0.25, 0.3) is 0 Å². The predicted molar refractivity (Wildman–Crippen MR) is 70.3 cm³/mol. The van der Waals surface area contributed by atoms with Gasteiger partial charge in [-0.2, -0.15) is 0 Å². The van der Waals surface area contributed by atoms with Gasteiger partial charge in [0.1, 0.15) is 5.82 Å². The van der Waals surface area contributed by atoms with Crippen molar-refractivity contribution in [2.75, 3.05) is 26.3 Å². The van der Waals surface area contributed by atoms with Gasteiger partial charge in [0, 0.05) is 32.0 Å². The first-order chi connectivity index (χ1) is 9.19. The molecule has 0 saturated carbocycles. The van der Waals surface area contributed by atoms with E-state index >= 15 is 0 Å². The van der Waals surface area contributed by atoms with Gasteiger partial charge in [0.2, 0.25) is 0 Å². The Labute approximate surface area is 113 Å². The molecule has 104 valence electrons. The van der Waals surface area contributed by atoms with Gasteiger partial charge in [-0.3, -0.25) is 4.90 Å². The Morgan fingerprint density at radius 1 is 1.11 bits per heavy atom. The maximum Gasteiger partial charge on any atom is 0.170 e. The molecular formula is C15H20FNO2. The van der Waals surface area contributed by atoms with Gasteiger partial charge in [-0.25, -0.2) is 4.39 Å². The van der Waals surface area contributed by atoms with Crippen LogP contribution in [0, 0.1) is 5.82 Å². The van der Waals surface area contributed by atoms with E-state index in [1.165, 1.54) is 12.1 Å². The summed E-state index contributed by atoms with van der Waals surface area (Å²) in [4.78, 5) is 2.41. The zero-order chi connectivity index (χ0) is 13.3. The monoisotopic (exact) mass is 265 g/mol. The summed E-state index contributed by atoms with van der Waals surface area (Å²) < 4.78 is 24.4. The smallest absolute Gasteiger partial charge is 0.170 e. The van der Waals surface area contributed by atoms with Crippen LogP contribution in [0.2, 0.25) is 0 Å². The lowest BCUT2D eigenvalue weighted by atomic mass is 9.99. The van der Waals surface area contributed by atoms with Crippen LogP contribution >= 0.6 is 0 Å². The average molecular weight is 265 g/mol. The minimum absolute atomic E-state index is 0.179. The average Bonchev–Trinajstić information content (AvgIpc) is 2.88. The highest BCUT2D eigenvalue weighted by atomic mass is 19.1. The van der Waals surface area contributed by atoms with Crippen LogP contribution in [0.1, 0.15) is 31.4 Å². The van der Waals surface area contributed by atoms with E-state index in [1.54, 1.807) is 0 Å². The Morgan fingerprint density at radius 3 is 2.26 bits per heavy atom. The zero-order valence-electron chi connectivity index (χ0n) is 11.3. The van der Waals surface area contributed by atoms with Crippen LogP contribution in [0.3, 0.4) is 0 Å². The number of halogens is 1. The molecule has 4 heteroatoms. The fourth-order valence-corrected chi connectivity index (χ4v) is 2.99. The third kappa shape index (κ3) is 2.66. The number of rotatable bonds is 2. The summed E-state index contributed by atoms with van der Waals surface area (Å²) in [6.45, 7) is 5.51. The molecule has 3 nitrogen and oxygen atoms in total. The van der Waals surface area contributed by atoms with Crippen molar-refractivity contribution in [2.45, 2.75) is 31.6 Å². The first kappa shape index (κ1) is 13.0. The van der Waals surface area contributed by atoms with E-state index in [1.807, 2.05) is 12.1 Å². The molecule has 2 fully saturated rings. The highest BCUT2D eigenvalue weighted by Crippen LogP contribution is 2.34. The third-order valence-electron chi connectivity index (χ3n) is 4.27. The number of nitrogens with zero attached hydrogens (tertiary/aromatic N) is 1. The van der Waals surface area contributed by atoms with Crippen LogP contribution in [-0.2, 0) is 9.47 Å². The second-order valence-electron chi connectivity index (χ2n) is 5.37. The van der Waals surface area contributed by atoms with Crippen LogP contribution < -0.4 is 0 Å². The molecule has 0 aromatic heterocycles. The van der Waals surface area contributed by atoms with Crippen molar-refractivity contribution in [1.82, 2.24) is 4.90 Å². The van der Waals surface area contributed by atoms with Crippen molar-refractivity contribution < 1.29 is 13.9 Å². The van der Waals surface area contributed by atoms with Gasteiger partial charge in [-0.05, 0) is 24.6 Å². The molecule has 1 atom stereocenters. The summed E-state index contributed by atoms with van der Waals surface area (Å²) in [6, 6.07) is 7.10. The second kappa shape index (κ2) is 5.19. The van der Waals surface area contributed by atoms with Crippen LogP contribution in [-0.4, -0.2) is 37.0 Å². The molecule has 1 aromatic carbocycles. The lowest BCUT2D eigenvalue weighted by Gasteiger charge is -2.40. The highest BCUT2D eigenvalue weighted by molar-refractivity contribution is 5.19. The summed E-state index contributed by atoms with van der Waals surface area (Å²) in [5.41, 5.74) is 1.16. The summed E-state index contributed by atoms with van der Waals surface area (Å²) in [5.74, 6) is -0.500. The lowest BCUT2D eigenvalue weighted by molar-refractivity contribution is -0.187. The summed E-state index contributed by atoms with van der Waals surface area (Å²) in [6.07, 6.45) is 1.83. The first-order valence-electron chi connectivity index (χ1n) is 6.96. The van der Waals surface area contributed by atoms with E-state index in [9.17, 15) is 4.39 Å². The van der Waals surface area contributed by atoms with E-state index in [4.69, 9.17) is 9.47 Å². The van der Waals surface area contributed by atoms with E-state index in [-0.39, 0.29) is 11.6 Å². The predicted octanol–water partition coefficient (Wildman–Crippen LogP) is 2.73. The summed E-state index contributed by atoms with van der Waals surface area (Å²) in [5, 5.41) is 0. The van der Waals surface area contributed by atoms with E-state index in [0.29, 0.717) is 19.3 Å². The van der Waals surface area contributed by atoms with E-state index < -0.39 is 0 Å². The Bertz CT molecular complexity index is 418. The summed E-state index contributed by atoms with van der Waals surface area (Å²) >= 11 is 0. The maximum atomic E-state index is 12.9. The Kier molecular flexibility index (Phi) is 3.56. The van der Waals surface area contributed by atoms with Crippen LogP contribution in [0.25, 0.3) is 0 Å². The minimum Gasteiger partial charge on any atom is -0.347 e. The van der Waals surface area contributed by atoms with E-state index in [0.717, 1.165) is 31.5 Å². The molecule has 3 rings (SSSR count). The molecule has 0 radical (unpaired) electrons. The van der Waals surface area contributed by atoms with Crippen LogP contribution in [0.15, 0.2) is 24.3 Å². The molecule has 0 aliphatic carbocycles. The molecular weight excluding hydrogens is 245 g/mol. The standard InChI is InChI=1S/C15H20FNO2/c1-12(13-2-4-14(16)5-3-13)17-8-6-15(7-9-17)18-10-11-19-15/h2-5,12H,6-11H2,1H3. The molecule has 2 aliphatic heterocycles. The molecule has 2 saturated heterocycles. The Morgan fingerprint density at radius 2 is 1.68 bits per heavy atom. The zero-order valence-corrected chi connectivity index (χ0v) is 11.3. The number of ether oxygens (including phenoxy) is 2. The van der Waals surface area contributed by atoms with E-state index in [2.05, 4.69) is 11.8 Å². The Hall–Kier alpha value is -0.970. The summed E-state index contributed by atoms with van der Waals surface area (Å²) in [7, 11) is 0. The molecule has 19 heavy (non-hydrogen) atoms. The second-order valence-corrected chi connectivity index (χ2v) is 5.37. The SMILES string of the molecule is CC(c1ccc(F)cc1)N1CCC2(CC1)OCCO2. The van der Waals surface area contributed by atoms with Crippen LogP contribution in [0.5, 0.6) is 0 Å². The van der Waals surface area contributed by atoms with Crippen molar-refractivity contribution in [3.63, 3.8) is 0 Å². The third-order valence-corrected chi connectivity index (χ3v) is 4.27. The van der Waals surface area contributed by atoms with Gasteiger partial charge < -0.3 is 9.47 Å². The van der Waals surface area contributed by atoms with Crippen molar-refractivity contribution in [2.24, 2.45) is 0 Å². The lowest BCUT2D eigenvalue weighted by Crippen LogP contribution is -2.45. The number of hydrogen-bond acceptors (Lipinski definition) is 3. The van der Waals surface area contributed by atoms with Gasteiger partial charge in [-0.1, -0.05) is 12.1 Å². The van der Waals surface area contributed by atoms with Gasteiger partial charge in [0.05, 0.1) is 13.2 Å². The minimum atomic E-state index is -0.320. The van der Waals surface area contributed by atoms with Gasteiger partial charge >= 0.3 is 0 Å². The topological polar surface area (TPSA) is 21.7 Å². The van der Waals surface area contributed by atoms with Crippen molar-refractivity contribution >= 4 is 0 Å². The fourth-order valence-electron chi connectivity index (χ4n) is 2.99. The quantitative estimate of drug-likeness (QED) is 0.820. The van der Waals surface area contributed by atoms with Crippen LogP contribution in [0.4, 0.5) is 4.39 Å². The highest BCUT2D eigenvalue weighted by Gasteiger charge is 2.40. The molecule has 1 aromatic rings. The van der Waals surface area contributed by atoms with Gasteiger partial charge in [0.15, 0.2) is 5.79 Å². The largest absolute Gasteiger partial charge is 0.347 e. The van der Waals surface area contributed by atoms with Crippen molar-refractivity contribution in [3.8, 4) is 0 Å². The van der Waals surface area contributed by atoms with Gasteiger partial charge in [-0.15, -0.1) is 0 Å². The van der Waals surface area contributed by atoms with Crippen molar-refractivity contribution in [3.05, 3.63) is 35.6 Å². The first-order valence-corrected chi connectivity index (χ1v) is 6.96. The number of likely N-dealkylation sites (tertiary alicyclic amines) is 1. The number of benzene rings is 1. The molecule has 0 N–H and O–H groups in total. The molecule has 0 amide bonds. The molecule has 0 bridgehead atoms. The molecule has 1 spiro atoms. The van der Waals surface area contributed by atoms with Crippen molar-refractivity contribution in [1.29, 1.82) is 0 Å². The molecule has 2 heterocycles. The molecule has 1 unspecified atom stereocenters.